The number of thioether (sulfide) groups is 1. The van der Waals surface area contributed by atoms with E-state index in [1.165, 1.54) is 40.9 Å². The van der Waals surface area contributed by atoms with Gasteiger partial charge in [-0.2, -0.15) is 0 Å². The molecule has 1 aliphatic heterocycles. The summed E-state index contributed by atoms with van der Waals surface area (Å²) in [4.78, 5) is 30.7. The largest absolute Gasteiger partial charge is 0.494 e. The maximum absolute atomic E-state index is 13.1. The van der Waals surface area contributed by atoms with Crippen molar-refractivity contribution in [2.24, 2.45) is 4.99 Å². The quantitative estimate of drug-likeness (QED) is 0.827. The normalized spacial score (nSPS) is 18.2. The number of halogens is 1. The molecular formula is C20H20FN3O3S. The van der Waals surface area contributed by atoms with Gasteiger partial charge in [0.15, 0.2) is 5.17 Å². The second-order valence-electron chi connectivity index (χ2n) is 6.08. The maximum atomic E-state index is 13.1. The highest BCUT2D eigenvalue weighted by Crippen LogP contribution is 2.29. The summed E-state index contributed by atoms with van der Waals surface area (Å²) in [7, 11) is 1.61. The third kappa shape index (κ3) is 4.89. The van der Waals surface area contributed by atoms with Crippen LogP contribution >= 0.6 is 11.8 Å². The van der Waals surface area contributed by atoms with Crippen molar-refractivity contribution in [3.63, 3.8) is 0 Å². The molecule has 0 bridgehead atoms. The minimum Gasteiger partial charge on any atom is -0.494 e. The van der Waals surface area contributed by atoms with E-state index in [1.54, 1.807) is 31.3 Å². The van der Waals surface area contributed by atoms with E-state index in [2.05, 4.69) is 10.3 Å². The number of amides is 2. The van der Waals surface area contributed by atoms with E-state index in [0.29, 0.717) is 23.1 Å². The fourth-order valence-electron chi connectivity index (χ4n) is 2.55. The predicted molar refractivity (Wildman–Crippen MR) is 109 cm³/mol. The minimum absolute atomic E-state index is 0.0759. The average Bonchev–Trinajstić information content (AvgIpc) is 2.68. The molecule has 2 aromatic carbocycles. The molecule has 1 heterocycles. The van der Waals surface area contributed by atoms with Crippen molar-refractivity contribution in [1.82, 2.24) is 4.90 Å². The van der Waals surface area contributed by atoms with Gasteiger partial charge in [0.25, 0.3) is 0 Å². The first-order valence-corrected chi connectivity index (χ1v) is 9.65. The lowest BCUT2D eigenvalue weighted by molar-refractivity contribution is -0.128. The van der Waals surface area contributed by atoms with Gasteiger partial charge in [0.05, 0.1) is 12.3 Å². The van der Waals surface area contributed by atoms with Crippen LogP contribution in [0, 0.1) is 5.82 Å². The van der Waals surface area contributed by atoms with Crippen molar-refractivity contribution in [2.45, 2.75) is 18.6 Å². The van der Waals surface area contributed by atoms with Crippen LogP contribution in [0.4, 0.5) is 15.8 Å². The summed E-state index contributed by atoms with van der Waals surface area (Å²) in [6.45, 7) is 2.46. The average molecular weight is 401 g/mol. The summed E-state index contributed by atoms with van der Waals surface area (Å²) in [5.74, 6) is -0.121. The lowest BCUT2D eigenvalue weighted by Gasteiger charge is -2.28. The highest BCUT2D eigenvalue weighted by molar-refractivity contribution is 8.15. The van der Waals surface area contributed by atoms with Gasteiger partial charge in [-0.15, -0.1) is 0 Å². The van der Waals surface area contributed by atoms with Crippen LogP contribution in [-0.4, -0.2) is 40.8 Å². The van der Waals surface area contributed by atoms with Gasteiger partial charge in [-0.05, 0) is 55.5 Å². The van der Waals surface area contributed by atoms with E-state index in [9.17, 15) is 14.0 Å². The third-order valence-electron chi connectivity index (χ3n) is 4.05. The zero-order chi connectivity index (χ0) is 20.1. The first-order chi connectivity index (χ1) is 13.5. The van der Waals surface area contributed by atoms with Gasteiger partial charge < -0.3 is 10.1 Å². The molecule has 8 heteroatoms. The molecule has 2 amide bonds. The molecule has 2 aromatic rings. The number of aliphatic imine (C=N–C) groups is 1. The molecule has 1 N–H and O–H groups in total. The second kappa shape index (κ2) is 8.88. The van der Waals surface area contributed by atoms with Crippen LogP contribution in [0.15, 0.2) is 53.5 Å². The molecule has 28 heavy (non-hydrogen) atoms. The minimum atomic E-state index is -0.602. The fourth-order valence-corrected chi connectivity index (χ4v) is 3.61. The van der Waals surface area contributed by atoms with Gasteiger partial charge in [0, 0.05) is 19.2 Å². The predicted octanol–water partition coefficient (Wildman–Crippen LogP) is 3.81. The van der Waals surface area contributed by atoms with Gasteiger partial charge in [-0.25, -0.2) is 9.38 Å². The Kier molecular flexibility index (Phi) is 6.30. The summed E-state index contributed by atoms with van der Waals surface area (Å²) in [5.41, 5.74) is 1.13. The lowest BCUT2D eigenvalue weighted by atomic mass is 10.2. The number of nitrogens with one attached hydrogen (secondary N) is 1. The Hall–Kier alpha value is -2.87. The van der Waals surface area contributed by atoms with Crippen LogP contribution in [-0.2, 0) is 9.59 Å². The molecule has 1 unspecified atom stereocenters. The van der Waals surface area contributed by atoms with E-state index in [-0.39, 0.29) is 24.1 Å². The van der Waals surface area contributed by atoms with Crippen molar-refractivity contribution in [3.05, 3.63) is 54.3 Å². The van der Waals surface area contributed by atoms with Crippen LogP contribution in [0.1, 0.15) is 13.3 Å². The van der Waals surface area contributed by atoms with Crippen LogP contribution in [0.25, 0.3) is 0 Å². The number of carbonyl (C=O) groups excluding carboxylic acids is 2. The standard InChI is InChI=1S/C20H20FN3O3S/c1-3-27-16-10-8-14(9-11-16)22-19(26)17-12-18(25)24(2)20(28-17)23-15-6-4-13(21)5-7-15/h4-11,17H,3,12H2,1-2H3,(H,22,26). The van der Waals surface area contributed by atoms with E-state index < -0.39 is 5.25 Å². The third-order valence-corrected chi connectivity index (χ3v) is 5.29. The van der Waals surface area contributed by atoms with E-state index >= 15 is 0 Å². The fraction of sp³-hybridized carbons (Fsp3) is 0.250. The number of carbonyl (C=O) groups is 2. The Balaban J connectivity index is 1.71. The van der Waals surface area contributed by atoms with Gasteiger partial charge in [0.1, 0.15) is 16.8 Å². The highest BCUT2D eigenvalue weighted by Gasteiger charge is 2.34. The Labute approximate surface area is 166 Å². The van der Waals surface area contributed by atoms with Crippen molar-refractivity contribution < 1.29 is 18.7 Å². The van der Waals surface area contributed by atoms with Crippen LogP contribution in [0.2, 0.25) is 0 Å². The van der Waals surface area contributed by atoms with Crippen LogP contribution in [0.3, 0.4) is 0 Å². The molecule has 0 radical (unpaired) electrons. The molecule has 0 aromatic heterocycles. The van der Waals surface area contributed by atoms with Gasteiger partial charge in [-0.3, -0.25) is 14.5 Å². The summed E-state index contributed by atoms with van der Waals surface area (Å²) in [6, 6.07) is 12.7. The number of anilines is 1. The number of benzene rings is 2. The van der Waals surface area contributed by atoms with Crippen molar-refractivity contribution in [2.75, 3.05) is 19.0 Å². The smallest absolute Gasteiger partial charge is 0.238 e. The molecule has 0 aliphatic carbocycles. The first kappa shape index (κ1) is 19.9. The van der Waals surface area contributed by atoms with Gasteiger partial charge in [-0.1, -0.05) is 11.8 Å². The summed E-state index contributed by atoms with van der Waals surface area (Å²) < 4.78 is 18.4. The Morgan fingerprint density at radius 3 is 2.57 bits per heavy atom. The highest BCUT2D eigenvalue weighted by atomic mass is 32.2. The van der Waals surface area contributed by atoms with Crippen LogP contribution < -0.4 is 10.1 Å². The molecule has 0 saturated carbocycles. The molecular weight excluding hydrogens is 381 g/mol. The molecule has 1 atom stereocenters. The topological polar surface area (TPSA) is 71.0 Å². The zero-order valence-corrected chi connectivity index (χ0v) is 16.3. The Morgan fingerprint density at radius 2 is 1.93 bits per heavy atom. The lowest BCUT2D eigenvalue weighted by Crippen LogP contribution is -2.43. The van der Waals surface area contributed by atoms with Gasteiger partial charge in [0.2, 0.25) is 11.8 Å². The molecule has 0 spiro atoms. The number of hydrogen-bond donors (Lipinski definition) is 1. The van der Waals surface area contributed by atoms with E-state index in [0.717, 1.165) is 5.75 Å². The van der Waals surface area contributed by atoms with E-state index in [1.807, 2.05) is 6.92 Å². The Bertz CT molecular complexity index is 885. The van der Waals surface area contributed by atoms with Crippen molar-refractivity contribution in [1.29, 1.82) is 0 Å². The molecule has 1 saturated heterocycles. The first-order valence-electron chi connectivity index (χ1n) is 8.77. The number of amidine groups is 1. The molecule has 1 aliphatic rings. The number of rotatable bonds is 5. The second-order valence-corrected chi connectivity index (χ2v) is 7.25. The summed E-state index contributed by atoms with van der Waals surface area (Å²) >= 11 is 1.21. The number of ether oxygens (including phenoxy) is 1. The molecule has 146 valence electrons. The summed E-state index contributed by atoms with van der Waals surface area (Å²) in [5, 5.41) is 2.61. The maximum Gasteiger partial charge on any atom is 0.238 e. The molecule has 6 nitrogen and oxygen atoms in total. The zero-order valence-electron chi connectivity index (χ0n) is 15.5. The number of nitrogens with zero attached hydrogens (tertiary/aromatic N) is 2. The Morgan fingerprint density at radius 1 is 1.25 bits per heavy atom. The summed E-state index contributed by atoms with van der Waals surface area (Å²) in [6.07, 6.45) is 0.0759. The SMILES string of the molecule is CCOc1ccc(NC(=O)C2CC(=O)N(C)C(=Nc3ccc(F)cc3)S2)cc1. The molecule has 1 fully saturated rings. The van der Waals surface area contributed by atoms with E-state index in [4.69, 9.17) is 4.74 Å². The molecule has 3 rings (SSSR count). The monoisotopic (exact) mass is 401 g/mol. The van der Waals surface area contributed by atoms with Crippen molar-refractivity contribution >= 4 is 40.1 Å². The van der Waals surface area contributed by atoms with Crippen molar-refractivity contribution in [3.8, 4) is 5.75 Å². The van der Waals surface area contributed by atoms with Gasteiger partial charge >= 0.3 is 0 Å². The number of hydrogen-bond acceptors (Lipinski definition) is 5. The van der Waals surface area contributed by atoms with Crippen LogP contribution in [0.5, 0.6) is 5.75 Å².